The van der Waals surface area contributed by atoms with E-state index in [4.69, 9.17) is 5.73 Å². The third kappa shape index (κ3) is 6.54. The molecule has 0 bridgehead atoms. The fourth-order valence-electron chi connectivity index (χ4n) is 0.779. The summed E-state index contributed by atoms with van der Waals surface area (Å²) in [6.45, 7) is 5.63. The Hall–Kier alpha value is -0.610. The van der Waals surface area contributed by atoms with Crippen LogP contribution in [0, 0.1) is 0 Å². The minimum absolute atomic E-state index is 0.108. The fraction of sp³-hybridized carbons (Fsp3) is 0.889. The summed E-state index contributed by atoms with van der Waals surface area (Å²) in [6.07, 6.45) is 0.922. The average Bonchev–Trinajstić information content (AvgIpc) is 2.00. The second-order valence-corrected chi connectivity index (χ2v) is 3.81. The number of amides is 1. The van der Waals surface area contributed by atoms with Crippen molar-refractivity contribution in [2.24, 2.45) is 5.73 Å². The van der Waals surface area contributed by atoms with E-state index in [0.717, 1.165) is 0 Å². The van der Waals surface area contributed by atoms with Crippen LogP contribution in [0.5, 0.6) is 0 Å². The summed E-state index contributed by atoms with van der Waals surface area (Å²) < 4.78 is 0. The lowest BCUT2D eigenvalue weighted by Crippen LogP contribution is -2.41. The minimum atomic E-state index is -0.812. The summed E-state index contributed by atoms with van der Waals surface area (Å²) in [5, 5.41) is 12.2. The molecule has 0 aromatic heterocycles. The zero-order valence-electron chi connectivity index (χ0n) is 8.63. The Bertz CT molecular complexity index is 167. The van der Waals surface area contributed by atoms with Gasteiger partial charge in [0, 0.05) is 19.0 Å². The van der Waals surface area contributed by atoms with Crippen LogP contribution >= 0.6 is 0 Å². The van der Waals surface area contributed by atoms with Crippen molar-refractivity contribution in [2.75, 3.05) is 6.54 Å². The largest absolute Gasteiger partial charge is 0.388 e. The van der Waals surface area contributed by atoms with E-state index in [0.29, 0.717) is 12.8 Å². The normalized spacial score (nSPS) is 17.6. The van der Waals surface area contributed by atoms with Crippen LogP contribution in [0.25, 0.3) is 0 Å². The number of carbonyl (C=O) groups excluding carboxylic acids is 1. The van der Waals surface area contributed by atoms with Gasteiger partial charge in [0.1, 0.15) is 0 Å². The van der Waals surface area contributed by atoms with Gasteiger partial charge in [0.05, 0.1) is 5.60 Å². The molecule has 0 saturated carbocycles. The second-order valence-electron chi connectivity index (χ2n) is 3.81. The van der Waals surface area contributed by atoms with Gasteiger partial charge in [-0.15, -0.1) is 0 Å². The zero-order chi connectivity index (χ0) is 10.5. The van der Waals surface area contributed by atoms with E-state index < -0.39 is 5.60 Å². The lowest BCUT2D eigenvalue weighted by atomic mass is 10.0. The van der Waals surface area contributed by atoms with Crippen LogP contribution in [0.4, 0.5) is 0 Å². The molecule has 78 valence electrons. The quantitative estimate of drug-likeness (QED) is 0.568. The van der Waals surface area contributed by atoms with Gasteiger partial charge in [0.15, 0.2) is 0 Å². The molecule has 13 heavy (non-hydrogen) atoms. The van der Waals surface area contributed by atoms with Gasteiger partial charge >= 0.3 is 0 Å². The second kappa shape index (κ2) is 5.19. The first kappa shape index (κ1) is 12.4. The van der Waals surface area contributed by atoms with Crippen molar-refractivity contribution in [3.8, 4) is 0 Å². The van der Waals surface area contributed by atoms with E-state index in [2.05, 4.69) is 5.32 Å². The number of aliphatic hydroxyl groups is 1. The number of rotatable bonds is 5. The fourth-order valence-corrected chi connectivity index (χ4v) is 0.779. The monoisotopic (exact) mass is 188 g/mol. The highest BCUT2D eigenvalue weighted by Crippen LogP contribution is 2.05. The first-order valence-corrected chi connectivity index (χ1v) is 4.62. The Morgan fingerprint density at radius 3 is 2.62 bits per heavy atom. The predicted molar refractivity (Wildman–Crippen MR) is 52.2 cm³/mol. The third-order valence-electron chi connectivity index (χ3n) is 1.94. The van der Waals surface area contributed by atoms with Crippen molar-refractivity contribution in [3.63, 3.8) is 0 Å². The average molecular weight is 188 g/mol. The molecule has 0 aromatic carbocycles. The van der Waals surface area contributed by atoms with E-state index in [9.17, 15) is 9.90 Å². The first-order chi connectivity index (χ1) is 5.87. The van der Waals surface area contributed by atoms with Crippen molar-refractivity contribution in [2.45, 2.75) is 45.3 Å². The standard InChI is InChI=1S/C9H20N2O2/c1-4-9(3,13)6-11-8(12)5-7(2)10/h7,13H,4-6,10H2,1-3H3,(H,11,12). The van der Waals surface area contributed by atoms with Gasteiger partial charge in [0.2, 0.25) is 5.91 Å². The van der Waals surface area contributed by atoms with Crippen LogP contribution < -0.4 is 11.1 Å². The van der Waals surface area contributed by atoms with Crippen LogP contribution in [0.15, 0.2) is 0 Å². The van der Waals surface area contributed by atoms with Crippen LogP contribution in [0.1, 0.15) is 33.6 Å². The van der Waals surface area contributed by atoms with E-state index in [1.807, 2.05) is 6.92 Å². The number of carbonyl (C=O) groups is 1. The van der Waals surface area contributed by atoms with Gasteiger partial charge < -0.3 is 16.2 Å². The van der Waals surface area contributed by atoms with E-state index in [1.54, 1.807) is 13.8 Å². The van der Waals surface area contributed by atoms with Crippen LogP contribution in [0.3, 0.4) is 0 Å². The zero-order valence-corrected chi connectivity index (χ0v) is 8.63. The van der Waals surface area contributed by atoms with Gasteiger partial charge in [0.25, 0.3) is 0 Å². The highest BCUT2D eigenvalue weighted by atomic mass is 16.3. The lowest BCUT2D eigenvalue weighted by molar-refractivity contribution is -0.122. The summed E-state index contributed by atoms with van der Waals surface area (Å²) in [6, 6.07) is -0.133. The summed E-state index contributed by atoms with van der Waals surface area (Å²) in [4.78, 5) is 11.1. The van der Waals surface area contributed by atoms with Crippen LogP contribution in [-0.2, 0) is 4.79 Å². The molecule has 2 atom stereocenters. The molecular formula is C9H20N2O2. The van der Waals surface area contributed by atoms with Gasteiger partial charge in [-0.1, -0.05) is 6.92 Å². The molecule has 0 aliphatic heterocycles. The van der Waals surface area contributed by atoms with Crippen LogP contribution in [-0.4, -0.2) is 29.2 Å². The Labute approximate surface area is 79.5 Å². The Morgan fingerprint density at radius 2 is 2.23 bits per heavy atom. The third-order valence-corrected chi connectivity index (χ3v) is 1.94. The molecule has 4 nitrogen and oxygen atoms in total. The maximum absolute atomic E-state index is 11.1. The molecule has 2 unspecified atom stereocenters. The van der Waals surface area contributed by atoms with Crippen molar-refractivity contribution >= 4 is 5.91 Å². The topological polar surface area (TPSA) is 75.3 Å². The molecular weight excluding hydrogens is 168 g/mol. The predicted octanol–water partition coefficient (Wildman–Crippen LogP) is 0.000900. The van der Waals surface area contributed by atoms with Gasteiger partial charge in [-0.2, -0.15) is 0 Å². The summed E-state index contributed by atoms with van der Waals surface area (Å²) in [7, 11) is 0. The highest BCUT2D eigenvalue weighted by Gasteiger charge is 2.18. The smallest absolute Gasteiger partial charge is 0.221 e. The summed E-state index contributed by atoms with van der Waals surface area (Å²) >= 11 is 0. The van der Waals surface area contributed by atoms with Crippen molar-refractivity contribution in [1.29, 1.82) is 0 Å². The number of nitrogens with one attached hydrogen (secondary N) is 1. The molecule has 0 heterocycles. The Morgan fingerprint density at radius 1 is 1.69 bits per heavy atom. The van der Waals surface area contributed by atoms with Gasteiger partial charge in [-0.3, -0.25) is 4.79 Å². The molecule has 0 aliphatic carbocycles. The maximum Gasteiger partial charge on any atom is 0.221 e. The van der Waals surface area contributed by atoms with Crippen molar-refractivity contribution < 1.29 is 9.90 Å². The molecule has 0 spiro atoms. The van der Waals surface area contributed by atoms with E-state index in [-0.39, 0.29) is 18.5 Å². The first-order valence-electron chi connectivity index (χ1n) is 4.62. The molecule has 0 aliphatic rings. The number of nitrogens with two attached hydrogens (primary N) is 1. The highest BCUT2D eigenvalue weighted by molar-refractivity contribution is 5.76. The maximum atomic E-state index is 11.1. The number of hydrogen-bond donors (Lipinski definition) is 3. The van der Waals surface area contributed by atoms with Gasteiger partial charge in [-0.05, 0) is 20.3 Å². The molecule has 0 rings (SSSR count). The summed E-state index contributed by atoms with van der Waals surface area (Å²) in [5.41, 5.74) is 4.63. The molecule has 4 heteroatoms. The Balaban J connectivity index is 3.70. The van der Waals surface area contributed by atoms with Crippen LogP contribution in [0.2, 0.25) is 0 Å². The Kier molecular flexibility index (Phi) is 4.95. The summed E-state index contributed by atoms with van der Waals surface area (Å²) in [5.74, 6) is -0.108. The van der Waals surface area contributed by atoms with E-state index >= 15 is 0 Å². The molecule has 0 saturated heterocycles. The minimum Gasteiger partial charge on any atom is -0.388 e. The lowest BCUT2D eigenvalue weighted by Gasteiger charge is -2.21. The SMILES string of the molecule is CCC(C)(O)CNC(=O)CC(C)N. The number of hydrogen-bond acceptors (Lipinski definition) is 3. The van der Waals surface area contributed by atoms with Gasteiger partial charge in [-0.25, -0.2) is 0 Å². The molecule has 0 radical (unpaired) electrons. The molecule has 0 fully saturated rings. The van der Waals surface area contributed by atoms with Crippen molar-refractivity contribution in [1.82, 2.24) is 5.32 Å². The van der Waals surface area contributed by atoms with E-state index in [1.165, 1.54) is 0 Å². The molecule has 1 amide bonds. The molecule has 4 N–H and O–H groups in total. The molecule has 0 aromatic rings. The van der Waals surface area contributed by atoms with Crippen molar-refractivity contribution in [3.05, 3.63) is 0 Å².